The van der Waals surface area contributed by atoms with E-state index in [9.17, 15) is 0 Å². The van der Waals surface area contributed by atoms with Crippen LogP contribution in [0.1, 0.15) is 16.1 Å². The summed E-state index contributed by atoms with van der Waals surface area (Å²) in [5, 5.41) is 1.02. The topological polar surface area (TPSA) is 48.1 Å². The van der Waals surface area contributed by atoms with Gasteiger partial charge in [-0.1, -0.05) is 0 Å². The quantitative estimate of drug-likeness (QED) is 0.908. The second-order valence-corrected chi connectivity index (χ2v) is 5.11. The number of nitrogens with two attached hydrogens (primary N) is 1. The molecule has 3 nitrogen and oxygen atoms in total. The summed E-state index contributed by atoms with van der Waals surface area (Å²) in [6.45, 7) is 4.59. The number of aryl methyl sites for hydroxylation is 2. The first-order valence-corrected chi connectivity index (χ1v) is 6.28. The molecule has 4 heteroatoms. The first-order valence-electron chi connectivity index (χ1n) is 5.47. The third-order valence-corrected chi connectivity index (χ3v) is 3.79. The summed E-state index contributed by atoms with van der Waals surface area (Å²) in [5.74, 6) is 0.904. The fourth-order valence-corrected chi connectivity index (χ4v) is 2.69. The molecule has 2 N–H and O–H groups in total. The van der Waals surface area contributed by atoms with Gasteiger partial charge >= 0.3 is 0 Å². The van der Waals surface area contributed by atoms with Gasteiger partial charge in [-0.05, 0) is 37.6 Å². The van der Waals surface area contributed by atoms with E-state index in [0.717, 1.165) is 27.6 Å². The number of aromatic nitrogens is 1. The van der Waals surface area contributed by atoms with Crippen molar-refractivity contribution in [1.82, 2.24) is 4.98 Å². The summed E-state index contributed by atoms with van der Waals surface area (Å²) in [6, 6.07) is 6.10. The first-order chi connectivity index (χ1) is 8.15. The zero-order valence-corrected chi connectivity index (χ0v) is 11.1. The molecule has 0 atom stereocenters. The lowest BCUT2D eigenvalue weighted by Gasteiger charge is -2.05. The molecule has 2 rings (SSSR count). The van der Waals surface area contributed by atoms with Crippen LogP contribution in [0.5, 0.6) is 5.75 Å². The van der Waals surface area contributed by atoms with Crippen LogP contribution in [-0.2, 0) is 6.54 Å². The van der Waals surface area contributed by atoms with Crippen molar-refractivity contribution >= 4 is 11.3 Å². The minimum Gasteiger partial charge on any atom is -0.496 e. The zero-order valence-electron chi connectivity index (χ0n) is 10.3. The van der Waals surface area contributed by atoms with Gasteiger partial charge in [-0.15, -0.1) is 11.3 Å². The van der Waals surface area contributed by atoms with E-state index in [-0.39, 0.29) is 0 Å². The zero-order chi connectivity index (χ0) is 12.4. The summed E-state index contributed by atoms with van der Waals surface area (Å²) in [7, 11) is 1.68. The van der Waals surface area contributed by atoms with Crippen molar-refractivity contribution in [1.29, 1.82) is 0 Å². The van der Waals surface area contributed by atoms with Crippen LogP contribution in [0.4, 0.5) is 0 Å². The van der Waals surface area contributed by atoms with E-state index in [1.165, 1.54) is 4.88 Å². The van der Waals surface area contributed by atoms with E-state index in [0.29, 0.717) is 6.54 Å². The van der Waals surface area contributed by atoms with Crippen molar-refractivity contribution in [2.24, 2.45) is 5.73 Å². The average Bonchev–Trinajstić information content (AvgIpc) is 2.70. The van der Waals surface area contributed by atoms with Crippen LogP contribution in [0.25, 0.3) is 10.6 Å². The van der Waals surface area contributed by atoms with E-state index in [2.05, 4.69) is 18.0 Å². The standard InChI is InChI=1S/C13H16N2OS/c1-8-6-10(4-5-12(8)16-3)13-15-11(7-14)9(2)17-13/h4-6H,7,14H2,1-3H3. The summed E-state index contributed by atoms with van der Waals surface area (Å²) in [4.78, 5) is 5.74. The van der Waals surface area contributed by atoms with Crippen LogP contribution < -0.4 is 10.5 Å². The first kappa shape index (κ1) is 12.1. The maximum atomic E-state index is 5.64. The predicted octanol–water partition coefficient (Wildman–Crippen LogP) is 2.89. The third kappa shape index (κ3) is 2.33. The smallest absolute Gasteiger partial charge is 0.123 e. The van der Waals surface area contributed by atoms with Crippen LogP contribution in [0.15, 0.2) is 18.2 Å². The van der Waals surface area contributed by atoms with Crippen molar-refractivity contribution in [2.75, 3.05) is 7.11 Å². The van der Waals surface area contributed by atoms with Gasteiger partial charge < -0.3 is 10.5 Å². The molecule has 1 aromatic heterocycles. The number of ether oxygens (including phenoxy) is 1. The Balaban J connectivity index is 2.42. The van der Waals surface area contributed by atoms with Crippen LogP contribution in [0.2, 0.25) is 0 Å². The lowest BCUT2D eigenvalue weighted by atomic mass is 10.1. The summed E-state index contributed by atoms with van der Waals surface area (Å²) < 4.78 is 5.25. The van der Waals surface area contributed by atoms with Gasteiger partial charge in [-0.25, -0.2) is 4.98 Å². The molecular formula is C13H16N2OS. The van der Waals surface area contributed by atoms with Gasteiger partial charge in [0.05, 0.1) is 12.8 Å². The second-order valence-electron chi connectivity index (χ2n) is 3.91. The van der Waals surface area contributed by atoms with Gasteiger partial charge in [0.1, 0.15) is 10.8 Å². The minimum atomic E-state index is 0.497. The largest absolute Gasteiger partial charge is 0.496 e. The third-order valence-electron chi connectivity index (χ3n) is 2.73. The molecule has 0 radical (unpaired) electrons. The number of benzene rings is 1. The summed E-state index contributed by atoms with van der Waals surface area (Å²) >= 11 is 1.68. The molecule has 90 valence electrons. The van der Waals surface area contributed by atoms with Gasteiger partial charge in [0.15, 0.2) is 0 Å². The van der Waals surface area contributed by atoms with Crippen LogP contribution in [-0.4, -0.2) is 12.1 Å². The molecule has 0 saturated heterocycles. The second kappa shape index (κ2) is 4.85. The molecule has 0 amide bonds. The molecule has 0 aliphatic rings. The van der Waals surface area contributed by atoms with Crippen molar-refractivity contribution in [2.45, 2.75) is 20.4 Å². The maximum absolute atomic E-state index is 5.64. The van der Waals surface area contributed by atoms with Gasteiger partial charge in [0.2, 0.25) is 0 Å². The SMILES string of the molecule is COc1ccc(-c2nc(CN)c(C)s2)cc1C. The highest BCUT2D eigenvalue weighted by Gasteiger charge is 2.09. The molecule has 0 saturated carbocycles. The average molecular weight is 248 g/mol. The Morgan fingerprint density at radius 2 is 2.12 bits per heavy atom. The maximum Gasteiger partial charge on any atom is 0.123 e. The number of hydrogen-bond donors (Lipinski definition) is 1. The summed E-state index contributed by atoms with van der Waals surface area (Å²) in [6.07, 6.45) is 0. The lowest BCUT2D eigenvalue weighted by Crippen LogP contribution is -1.97. The molecule has 0 aliphatic heterocycles. The number of nitrogens with zero attached hydrogens (tertiary/aromatic N) is 1. The Labute approximate surface area is 105 Å². The van der Waals surface area contributed by atoms with Crippen molar-refractivity contribution in [3.63, 3.8) is 0 Å². The predicted molar refractivity (Wildman–Crippen MR) is 71.5 cm³/mol. The van der Waals surface area contributed by atoms with E-state index in [4.69, 9.17) is 10.5 Å². The Kier molecular flexibility index (Phi) is 3.45. The fraction of sp³-hybridized carbons (Fsp3) is 0.308. The molecule has 0 aliphatic carbocycles. The Morgan fingerprint density at radius 3 is 2.65 bits per heavy atom. The molecule has 0 unspecified atom stereocenters. The number of rotatable bonds is 3. The monoisotopic (exact) mass is 248 g/mol. The fourth-order valence-electron chi connectivity index (χ4n) is 1.75. The molecular weight excluding hydrogens is 232 g/mol. The van der Waals surface area contributed by atoms with E-state index in [1.54, 1.807) is 18.4 Å². The number of thiazole rings is 1. The molecule has 2 aromatic rings. The molecule has 0 bridgehead atoms. The van der Waals surface area contributed by atoms with Crippen molar-refractivity contribution in [3.8, 4) is 16.3 Å². The Bertz CT molecular complexity index is 534. The van der Waals surface area contributed by atoms with Gasteiger partial charge in [0, 0.05) is 17.0 Å². The van der Waals surface area contributed by atoms with Gasteiger partial charge in [0.25, 0.3) is 0 Å². The highest BCUT2D eigenvalue weighted by Crippen LogP contribution is 2.30. The number of methoxy groups -OCH3 is 1. The van der Waals surface area contributed by atoms with Crippen LogP contribution in [0, 0.1) is 13.8 Å². The highest BCUT2D eigenvalue weighted by atomic mass is 32.1. The Morgan fingerprint density at radius 1 is 1.35 bits per heavy atom. The van der Waals surface area contributed by atoms with Crippen LogP contribution >= 0.6 is 11.3 Å². The molecule has 0 fully saturated rings. The van der Waals surface area contributed by atoms with E-state index < -0.39 is 0 Å². The van der Waals surface area contributed by atoms with E-state index >= 15 is 0 Å². The molecule has 1 aromatic carbocycles. The lowest BCUT2D eigenvalue weighted by molar-refractivity contribution is 0.412. The normalized spacial score (nSPS) is 10.6. The number of hydrogen-bond acceptors (Lipinski definition) is 4. The van der Waals surface area contributed by atoms with E-state index in [1.807, 2.05) is 19.1 Å². The van der Waals surface area contributed by atoms with Crippen molar-refractivity contribution in [3.05, 3.63) is 34.3 Å². The van der Waals surface area contributed by atoms with Gasteiger partial charge in [-0.3, -0.25) is 0 Å². The molecule has 17 heavy (non-hydrogen) atoms. The molecule has 1 heterocycles. The van der Waals surface area contributed by atoms with Crippen molar-refractivity contribution < 1.29 is 4.74 Å². The minimum absolute atomic E-state index is 0.497. The highest BCUT2D eigenvalue weighted by molar-refractivity contribution is 7.15. The van der Waals surface area contributed by atoms with Crippen LogP contribution in [0.3, 0.4) is 0 Å². The summed E-state index contributed by atoms with van der Waals surface area (Å²) in [5.41, 5.74) is 8.87. The Hall–Kier alpha value is -1.39. The van der Waals surface area contributed by atoms with Gasteiger partial charge in [-0.2, -0.15) is 0 Å². The molecule has 0 spiro atoms.